The largest absolute Gasteiger partial charge is 0.325 e. The molecule has 1 amide bonds. The number of halogens is 3. The van der Waals surface area contributed by atoms with Crippen LogP contribution in [0.5, 0.6) is 0 Å². The summed E-state index contributed by atoms with van der Waals surface area (Å²) >= 11 is 14.7. The predicted molar refractivity (Wildman–Crippen MR) is 133 cm³/mol. The maximum absolute atomic E-state index is 13.4. The molecular weight excluding hydrogens is 570 g/mol. The second-order valence-electron chi connectivity index (χ2n) is 6.84. The zero-order valence-corrected chi connectivity index (χ0v) is 21.0. The van der Waals surface area contributed by atoms with Crippen LogP contribution in [0, 0.1) is 10.5 Å². The van der Waals surface area contributed by atoms with Crippen LogP contribution < -0.4 is 5.32 Å². The molecule has 1 N–H and O–H groups in total. The number of rotatable bonds is 7. The number of anilines is 1. The van der Waals surface area contributed by atoms with Crippen LogP contribution >= 0.6 is 45.8 Å². The molecule has 0 atom stereocenters. The summed E-state index contributed by atoms with van der Waals surface area (Å²) in [7, 11) is -3.99. The number of nitrogens with zero attached hydrogens (tertiary/aromatic N) is 1. The first-order chi connectivity index (χ1) is 14.7. The van der Waals surface area contributed by atoms with Crippen molar-refractivity contribution in [3.63, 3.8) is 0 Å². The summed E-state index contributed by atoms with van der Waals surface area (Å²) in [5.74, 6) is -0.472. The van der Waals surface area contributed by atoms with Crippen molar-refractivity contribution in [1.82, 2.24) is 4.31 Å². The SMILES string of the molecule is Cc1ccc(S(=O)(=O)N(CC(=O)Nc2ccc(I)cc2)Cc2c(Cl)cccc2Cl)cc1. The highest BCUT2D eigenvalue weighted by molar-refractivity contribution is 14.1. The number of hydrogen-bond donors (Lipinski definition) is 1. The van der Waals surface area contributed by atoms with Gasteiger partial charge in [-0.3, -0.25) is 4.79 Å². The van der Waals surface area contributed by atoms with Gasteiger partial charge in [-0.05, 0) is 78.0 Å². The zero-order chi connectivity index (χ0) is 22.6. The highest BCUT2D eigenvalue weighted by atomic mass is 127. The topological polar surface area (TPSA) is 66.5 Å². The van der Waals surface area contributed by atoms with Crippen molar-refractivity contribution in [1.29, 1.82) is 0 Å². The minimum absolute atomic E-state index is 0.0864. The Morgan fingerprint density at radius 2 is 1.55 bits per heavy atom. The lowest BCUT2D eigenvalue weighted by atomic mass is 10.2. The number of benzene rings is 3. The molecule has 0 aliphatic heterocycles. The van der Waals surface area contributed by atoms with Crippen molar-refractivity contribution in [2.45, 2.75) is 18.4 Å². The molecule has 31 heavy (non-hydrogen) atoms. The molecule has 3 aromatic carbocycles. The summed E-state index contributed by atoms with van der Waals surface area (Å²) in [5, 5.41) is 3.39. The predicted octanol–water partition coefficient (Wildman–Crippen LogP) is 5.74. The molecule has 0 aliphatic carbocycles. The number of sulfonamides is 1. The highest BCUT2D eigenvalue weighted by Gasteiger charge is 2.28. The van der Waals surface area contributed by atoms with Crippen LogP contribution in [0.25, 0.3) is 0 Å². The molecule has 0 saturated carbocycles. The first-order valence-corrected chi connectivity index (χ1v) is 12.5. The number of carbonyl (C=O) groups is 1. The summed E-state index contributed by atoms with van der Waals surface area (Å²) in [6.07, 6.45) is 0. The molecule has 0 fully saturated rings. The van der Waals surface area contributed by atoms with E-state index in [0.29, 0.717) is 21.3 Å². The van der Waals surface area contributed by atoms with Crippen LogP contribution in [0.3, 0.4) is 0 Å². The number of nitrogens with one attached hydrogen (secondary N) is 1. The molecule has 5 nitrogen and oxygen atoms in total. The van der Waals surface area contributed by atoms with E-state index in [1.807, 2.05) is 19.1 Å². The van der Waals surface area contributed by atoms with Gasteiger partial charge in [0, 0.05) is 31.4 Å². The number of amides is 1. The smallest absolute Gasteiger partial charge is 0.243 e. The van der Waals surface area contributed by atoms with Crippen molar-refractivity contribution >= 4 is 67.4 Å². The second-order valence-corrected chi connectivity index (χ2v) is 10.8. The Bertz CT molecular complexity index is 1160. The van der Waals surface area contributed by atoms with E-state index in [4.69, 9.17) is 23.2 Å². The van der Waals surface area contributed by atoms with Gasteiger partial charge in [-0.15, -0.1) is 0 Å². The van der Waals surface area contributed by atoms with E-state index in [1.54, 1.807) is 42.5 Å². The van der Waals surface area contributed by atoms with Crippen molar-refractivity contribution < 1.29 is 13.2 Å². The summed E-state index contributed by atoms with van der Waals surface area (Å²) in [6, 6.07) is 18.6. The molecule has 0 radical (unpaired) electrons. The lowest BCUT2D eigenvalue weighted by Gasteiger charge is -2.23. The number of hydrogen-bond acceptors (Lipinski definition) is 3. The van der Waals surface area contributed by atoms with Gasteiger partial charge in [0.25, 0.3) is 0 Å². The number of carbonyl (C=O) groups excluding carboxylic acids is 1. The third-order valence-electron chi connectivity index (χ3n) is 4.50. The molecule has 0 aliphatic rings. The van der Waals surface area contributed by atoms with Crippen molar-refractivity contribution in [3.05, 3.63) is 91.5 Å². The Labute approximate surface area is 205 Å². The normalized spacial score (nSPS) is 11.5. The lowest BCUT2D eigenvalue weighted by Crippen LogP contribution is -2.37. The summed E-state index contributed by atoms with van der Waals surface area (Å²) < 4.78 is 28.8. The molecule has 0 bridgehead atoms. The fourth-order valence-corrected chi connectivity index (χ4v) is 5.08. The van der Waals surface area contributed by atoms with Crippen LogP contribution in [0.15, 0.2) is 71.6 Å². The van der Waals surface area contributed by atoms with E-state index in [9.17, 15) is 13.2 Å². The second kappa shape index (κ2) is 10.3. The molecule has 162 valence electrons. The van der Waals surface area contributed by atoms with Crippen LogP contribution in [0.4, 0.5) is 5.69 Å². The highest BCUT2D eigenvalue weighted by Crippen LogP contribution is 2.28. The average molecular weight is 589 g/mol. The number of aryl methyl sites for hydroxylation is 1. The van der Waals surface area contributed by atoms with Crippen LogP contribution in [0.2, 0.25) is 10.0 Å². The third-order valence-corrected chi connectivity index (χ3v) is 7.74. The van der Waals surface area contributed by atoms with Gasteiger partial charge in [-0.1, -0.05) is 47.0 Å². The minimum atomic E-state index is -3.99. The lowest BCUT2D eigenvalue weighted by molar-refractivity contribution is -0.116. The van der Waals surface area contributed by atoms with E-state index >= 15 is 0 Å². The molecule has 3 rings (SSSR count). The van der Waals surface area contributed by atoms with E-state index in [-0.39, 0.29) is 11.4 Å². The van der Waals surface area contributed by atoms with Crippen molar-refractivity contribution in [2.75, 3.05) is 11.9 Å². The first kappa shape index (κ1) is 24.0. The van der Waals surface area contributed by atoms with Crippen LogP contribution in [0.1, 0.15) is 11.1 Å². The quantitative estimate of drug-likeness (QED) is 0.358. The molecule has 0 heterocycles. The maximum atomic E-state index is 13.4. The monoisotopic (exact) mass is 588 g/mol. The standard InChI is InChI=1S/C22H19Cl2IN2O3S/c1-15-5-11-18(12-6-15)31(29,30)27(13-19-20(23)3-2-4-21(19)24)14-22(28)26-17-9-7-16(25)8-10-17/h2-12H,13-14H2,1H3,(H,26,28). The third kappa shape index (κ3) is 6.20. The fourth-order valence-electron chi connectivity index (χ4n) is 2.84. The van der Waals surface area contributed by atoms with E-state index in [0.717, 1.165) is 13.4 Å². The molecule has 3 aromatic rings. The Morgan fingerprint density at radius 1 is 0.968 bits per heavy atom. The summed E-state index contributed by atoms with van der Waals surface area (Å²) in [4.78, 5) is 12.8. The molecule has 0 unspecified atom stereocenters. The molecule has 9 heteroatoms. The van der Waals surface area contributed by atoms with Crippen molar-refractivity contribution in [2.24, 2.45) is 0 Å². The molecule has 0 aromatic heterocycles. The van der Waals surface area contributed by atoms with Crippen molar-refractivity contribution in [3.8, 4) is 0 Å². The van der Waals surface area contributed by atoms with Gasteiger partial charge >= 0.3 is 0 Å². The average Bonchev–Trinajstić information content (AvgIpc) is 2.72. The Morgan fingerprint density at radius 3 is 2.13 bits per heavy atom. The Balaban J connectivity index is 1.92. The van der Waals surface area contributed by atoms with Gasteiger partial charge in [0.1, 0.15) is 0 Å². The van der Waals surface area contributed by atoms with E-state index in [2.05, 4.69) is 27.9 Å². The summed E-state index contributed by atoms with van der Waals surface area (Å²) in [5.41, 5.74) is 1.94. The van der Waals surface area contributed by atoms with Gasteiger partial charge < -0.3 is 5.32 Å². The van der Waals surface area contributed by atoms with Crippen LogP contribution in [-0.4, -0.2) is 25.2 Å². The van der Waals surface area contributed by atoms with E-state index in [1.165, 1.54) is 12.1 Å². The summed E-state index contributed by atoms with van der Waals surface area (Å²) in [6.45, 7) is 1.32. The molecule has 0 spiro atoms. The zero-order valence-electron chi connectivity index (χ0n) is 16.5. The Hall–Kier alpha value is -1.65. The maximum Gasteiger partial charge on any atom is 0.243 e. The van der Waals surface area contributed by atoms with E-state index < -0.39 is 22.5 Å². The van der Waals surface area contributed by atoms with Gasteiger partial charge in [-0.2, -0.15) is 4.31 Å². The van der Waals surface area contributed by atoms with Gasteiger partial charge in [-0.25, -0.2) is 8.42 Å². The fraction of sp³-hybridized carbons (Fsp3) is 0.136. The first-order valence-electron chi connectivity index (χ1n) is 9.22. The molecule has 0 saturated heterocycles. The van der Waals surface area contributed by atoms with Gasteiger partial charge in [0.15, 0.2) is 0 Å². The molecular formula is C22H19Cl2IN2O3S. The van der Waals surface area contributed by atoms with Gasteiger partial charge in [0.05, 0.1) is 11.4 Å². The minimum Gasteiger partial charge on any atom is -0.325 e. The Kier molecular flexibility index (Phi) is 7.98. The van der Waals surface area contributed by atoms with Gasteiger partial charge in [0.2, 0.25) is 15.9 Å². The van der Waals surface area contributed by atoms with Crippen LogP contribution in [-0.2, 0) is 21.4 Å².